The minimum atomic E-state index is -4.66. The lowest BCUT2D eigenvalue weighted by Gasteiger charge is -2.26. The van der Waals surface area contributed by atoms with Crippen LogP contribution in [0.2, 0.25) is 0 Å². The molecule has 0 aromatic heterocycles. The minimum Gasteiger partial charge on any atom is -0.479 e. The van der Waals surface area contributed by atoms with Crippen molar-refractivity contribution in [1.82, 2.24) is 0 Å². The van der Waals surface area contributed by atoms with Gasteiger partial charge in [0.05, 0.1) is 11.6 Å². The van der Waals surface area contributed by atoms with Crippen LogP contribution in [0.15, 0.2) is 53.3 Å². The van der Waals surface area contributed by atoms with Crippen LogP contribution in [-0.2, 0) is 11.0 Å². The van der Waals surface area contributed by atoms with E-state index in [9.17, 15) is 35.5 Å². The Labute approximate surface area is 170 Å². The van der Waals surface area contributed by atoms with Crippen LogP contribution in [0.4, 0.5) is 36.4 Å². The predicted molar refractivity (Wildman–Crippen MR) is 98.0 cm³/mol. The van der Waals surface area contributed by atoms with E-state index < -0.39 is 58.4 Å². The Morgan fingerprint density at radius 3 is 2.26 bits per heavy atom. The first kappa shape index (κ1) is 22.3. The number of carboxylic acids is 1. The number of carboxylic acid groups (broad SMARTS) is 1. The molecule has 0 spiro atoms. The average molecular weight is 446 g/mol. The summed E-state index contributed by atoms with van der Waals surface area (Å²) in [5.74, 6) is -6.84. The number of anilines is 1. The molecule has 0 bridgehead atoms. The van der Waals surface area contributed by atoms with Gasteiger partial charge in [-0.15, -0.1) is 0 Å². The number of hydrogen-bond donors (Lipinski definition) is 2. The van der Waals surface area contributed by atoms with Crippen molar-refractivity contribution >= 4 is 17.5 Å². The number of carbonyl (C=O) groups is 1. The quantitative estimate of drug-likeness (QED) is 0.612. The molecule has 2 unspecified atom stereocenters. The Balaban J connectivity index is 1.94. The zero-order valence-electron chi connectivity index (χ0n) is 15.6. The molecule has 164 valence electrons. The van der Waals surface area contributed by atoms with Gasteiger partial charge < -0.3 is 10.4 Å². The highest BCUT2D eigenvalue weighted by molar-refractivity contribution is 6.08. The summed E-state index contributed by atoms with van der Waals surface area (Å²) in [6, 6.07) is 3.65. The van der Waals surface area contributed by atoms with E-state index in [2.05, 4.69) is 4.99 Å². The zero-order valence-corrected chi connectivity index (χ0v) is 15.6. The van der Waals surface area contributed by atoms with Crippen LogP contribution in [0.25, 0.3) is 11.1 Å². The third-order valence-electron chi connectivity index (χ3n) is 4.63. The van der Waals surface area contributed by atoms with Crippen molar-refractivity contribution in [2.24, 2.45) is 4.99 Å². The highest BCUT2D eigenvalue weighted by atomic mass is 19.4. The molecule has 0 fully saturated rings. The third kappa shape index (κ3) is 4.25. The number of halogens is 7. The predicted octanol–water partition coefficient (Wildman–Crippen LogP) is 5.51. The van der Waals surface area contributed by atoms with Crippen molar-refractivity contribution in [3.63, 3.8) is 0 Å². The Morgan fingerprint density at radius 2 is 1.71 bits per heavy atom. The molecule has 0 saturated carbocycles. The molecule has 4 nitrogen and oxygen atoms in total. The van der Waals surface area contributed by atoms with Crippen molar-refractivity contribution in [3.8, 4) is 11.1 Å². The summed E-state index contributed by atoms with van der Waals surface area (Å²) in [7, 11) is 0. The van der Waals surface area contributed by atoms with E-state index in [-0.39, 0.29) is 17.2 Å². The van der Waals surface area contributed by atoms with Crippen LogP contribution in [0.3, 0.4) is 0 Å². The van der Waals surface area contributed by atoms with Crippen molar-refractivity contribution < 1.29 is 40.6 Å². The maximum absolute atomic E-state index is 14.5. The van der Waals surface area contributed by atoms with Crippen molar-refractivity contribution in [2.75, 3.05) is 5.32 Å². The number of rotatable bonds is 3. The number of amidine groups is 1. The van der Waals surface area contributed by atoms with Crippen LogP contribution in [0.1, 0.15) is 12.5 Å². The van der Waals surface area contributed by atoms with E-state index in [1.807, 2.05) is 5.32 Å². The van der Waals surface area contributed by atoms with Gasteiger partial charge in [0.25, 0.3) is 0 Å². The summed E-state index contributed by atoms with van der Waals surface area (Å²) >= 11 is 0. The summed E-state index contributed by atoms with van der Waals surface area (Å²) < 4.78 is 96.0. The van der Waals surface area contributed by atoms with Gasteiger partial charge in [0.15, 0.2) is 11.7 Å². The van der Waals surface area contributed by atoms with Crippen LogP contribution >= 0.6 is 0 Å². The Hall–Kier alpha value is -3.37. The first-order valence-corrected chi connectivity index (χ1v) is 8.65. The Morgan fingerprint density at radius 1 is 1.10 bits per heavy atom. The van der Waals surface area contributed by atoms with Crippen LogP contribution in [0.5, 0.6) is 0 Å². The molecule has 2 aromatic carbocycles. The number of nitrogens with zero attached hydrogens (tertiary/aromatic N) is 1. The standard InChI is InChI=1S/C20H13F7N2O2/c1-9-19(24,18(30)31)8-15(23)17(28-9)29-16-13(21)6-11(7-14(16)22)10-3-2-4-12(5-10)20(25,26)27/h2-9H,1H3,(H,28,29)(H,30,31). The molecule has 1 heterocycles. The van der Waals surface area contributed by atoms with Crippen molar-refractivity contribution in [2.45, 2.75) is 24.8 Å². The van der Waals surface area contributed by atoms with Gasteiger partial charge in [0, 0.05) is 6.08 Å². The topological polar surface area (TPSA) is 61.7 Å². The van der Waals surface area contributed by atoms with Gasteiger partial charge in [0.1, 0.15) is 17.3 Å². The van der Waals surface area contributed by atoms with Crippen LogP contribution < -0.4 is 5.32 Å². The second-order valence-corrected chi connectivity index (χ2v) is 6.74. The molecule has 0 amide bonds. The highest BCUT2D eigenvalue weighted by Gasteiger charge is 2.46. The normalized spacial score (nSPS) is 21.4. The van der Waals surface area contributed by atoms with Crippen LogP contribution in [0, 0.1) is 11.6 Å². The number of hydrogen-bond acceptors (Lipinski definition) is 3. The molecule has 0 saturated heterocycles. The number of benzene rings is 2. The van der Waals surface area contributed by atoms with Gasteiger partial charge in [-0.3, -0.25) is 4.99 Å². The maximum Gasteiger partial charge on any atom is 0.416 e. The number of aliphatic carboxylic acids is 1. The van der Waals surface area contributed by atoms with E-state index in [1.165, 1.54) is 6.07 Å². The Kier molecular flexibility index (Phi) is 5.55. The fourth-order valence-electron chi connectivity index (χ4n) is 2.91. The fraction of sp³-hybridized carbons (Fsp3) is 0.200. The van der Waals surface area contributed by atoms with E-state index in [0.717, 1.165) is 31.2 Å². The summed E-state index contributed by atoms with van der Waals surface area (Å²) in [6.07, 6.45) is -4.53. The highest BCUT2D eigenvalue weighted by Crippen LogP contribution is 2.34. The zero-order chi connectivity index (χ0) is 23.1. The monoisotopic (exact) mass is 446 g/mol. The van der Waals surface area contributed by atoms with E-state index in [1.54, 1.807) is 0 Å². The average Bonchev–Trinajstić information content (AvgIpc) is 2.67. The molecule has 2 aromatic rings. The van der Waals surface area contributed by atoms with Gasteiger partial charge in [-0.25, -0.2) is 22.4 Å². The summed E-state index contributed by atoms with van der Waals surface area (Å²) in [5, 5.41) is 10.9. The largest absolute Gasteiger partial charge is 0.479 e. The maximum atomic E-state index is 14.5. The Bertz CT molecular complexity index is 1090. The molecular formula is C20H13F7N2O2. The number of alkyl halides is 4. The molecule has 0 aliphatic carbocycles. The SMILES string of the molecule is CC1N=C(Nc2c(F)cc(-c3cccc(C(F)(F)F)c3)cc2F)C(F)=CC1(F)C(=O)O. The van der Waals surface area contributed by atoms with Gasteiger partial charge >= 0.3 is 12.1 Å². The van der Waals surface area contributed by atoms with E-state index in [4.69, 9.17) is 5.11 Å². The molecule has 0 radical (unpaired) electrons. The molecular weight excluding hydrogens is 433 g/mol. The van der Waals surface area contributed by atoms with Gasteiger partial charge in [0.2, 0.25) is 5.67 Å². The summed E-state index contributed by atoms with van der Waals surface area (Å²) in [5.41, 5.74) is -5.38. The third-order valence-corrected chi connectivity index (χ3v) is 4.63. The van der Waals surface area contributed by atoms with Gasteiger partial charge in [-0.05, 0) is 42.3 Å². The number of dihydropyridines is 1. The lowest BCUT2D eigenvalue weighted by Crippen LogP contribution is -2.45. The lowest BCUT2D eigenvalue weighted by atomic mass is 9.95. The lowest BCUT2D eigenvalue weighted by molar-refractivity contribution is -0.148. The fourth-order valence-corrected chi connectivity index (χ4v) is 2.91. The molecule has 3 rings (SSSR count). The minimum absolute atomic E-state index is 0.113. The van der Waals surface area contributed by atoms with Gasteiger partial charge in [-0.2, -0.15) is 13.2 Å². The first-order valence-electron chi connectivity index (χ1n) is 8.65. The van der Waals surface area contributed by atoms with Crippen molar-refractivity contribution in [3.05, 3.63) is 65.5 Å². The number of nitrogens with one attached hydrogen (secondary N) is 1. The molecule has 1 aliphatic rings. The summed E-state index contributed by atoms with van der Waals surface area (Å²) in [4.78, 5) is 14.5. The van der Waals surface area contributed by atoms with Crippen molar-refractivity contribution in [1.29, 1.82) is 0 Å². The number of aliphatic imine (C=N–C) groups is 1. The summed E-state index contributed by atoms with van der Waals surface area (Å²) in [6.45, 7) is 1.03. The molecule has 11 heteroatoms. The van der Waals surface area contributed by atoms with E-state index >= 15 is 0 Å². The molecule has 1 aliphatic heterocycles. The molecule has 31 heavy (non-hydrogen) atoms. The molecule has 2 N–H and O–H groups in total. The van der Waals surface area contributed by atoms with Gasteiger partial charge in [-0.1, -0.05) is 12.1 Å². The smallest absolute Gasteiger partial charge is 0.416 e. The second-order valence-electron chi connectivity index (χ2n) is 6.74. The first-order chi connectivity index (χ1) is 14.3. The second kappa shape index (κ2) is 7.71. The molecule has 2 atom stereocenters. The van der Waals surface area contributed by atoms with E-state index in [0.29, 0.717) is 6.07 Å². The van der Waals surface area contributed by atoms with Crippen LogP contribution in [-0.4, -0.2) is 28.6 Å².